The Morgan fingerprint density at radius 1 is 1.31 bits per heavy atom. The molecule has 7 nitrogen and oxygen atoms in total. The maximum absolute atomic E-state index is 12.3. The molecule has 0 aliphatic rings. The summed E-state index contributed by atoms with van der Waals surface area (Å²) >= 11 is 6.25. The van der Waals surface area contributed by atoms with Crippen molar-refractivity contribution in [1.82, 2.24) is 15.3 Å². The third-order valence-corrected chi connectivity index (χ3v) is 4.85. The van der Waals surface area contributed by atoms with E-state index in [1.54, 1.807) is 13.0 Å². The van der Waals surface area contributed by atoms with Crippen LogP contribution >= 0.6 is 11.6 Å². The SMILES string of the molecule is Cc1cc(=O)oc2cc(OCC(=O)N[C@@H](C)c3nc4ccccc4[nH]3)c(Cl)cc12. The van der Waals surface area contributed by atoms with E-state index in [9.17, 15) is 9.59 Å². The Kier molecular flexibility index (Phi) is 4.98. The Labute approximate surface area is 170 Å². The predicted molar refractivity (Wildman–Crippen MR) is 110 cm³/mol. The van der Waals surface area contributed by atoms with Gasteiger partial charge in [0.05, 0.1) is 22.1 Å². The molecule has 0 bridgehead atoms. The molecular formula is C21H18ClN3O4. The van der Waals surface area contributed by atoms with E-state index in [1.807, 2.05) is 31.2 Å². The lowest BCUT2D eigenvalue weighted by molar-refractivity contribution is -0.123. The number of carbonyl (C=O) groups is 1. The number of aromatic amines is 1. The monoisotopic (exact) mass is 411 g/mol. The van der Waals surface area contributed by atoms with Gasteiger partial charge in [0, 0.05) is 17.5 Å². The largest absolute Gasteiger partial charge is 0.482 e. The van der Waals surface area contributed by atoms with Gasteiger partial charge in [-0.25, -0.2) is 9.78 Å². The number of hydrogen-bond acceptors (Lipinski definition) is 5. The molecule has 4 aromatic rings. The molecule has 0 aliphatic carbocycles. The first-order valence-corrected chi connectivity index (χ1v) is 9.39. The molecule has 0 unspecified atom stereocenters. The first-order chi connectivity index (χ1) is 13.9. The highest BCUT2D eigenvalue weighted by Gasteiger charge is 2.15. The van der Waals surface area contributed by atoms with Crippen LogP contribution in [0.1, 0.15) is 24.4 Å². The predicted octanol–water partition coefficient (Wildman–Crippen LogP) is 3.89. The van der Waals surface area contributed by atoms with Gasteiger partial charge in [-0.3, -0.25) is 4.79 Å². The van der Waals surface area contributed by atoms with Crippen LogP contribution in [0.4, 0.5) is 0 Å². The quantitative estimate of drug-likeness (QED) is 0.485. The molecule has 1 amide bonds. The highest BCUT2D eigenvalue weighted by Crippen LogP contribution is 2.31. The van der Waals surface area contributed by atoms with Crippen molar-refractivity contribution in [3.63, 3.8) is 0 Å². The molecule has 2 aromatic carbocycles. The molecule has 0 aliphatic heterocycles. The molecular weight excluding hydrogens is 394 g/mol. The second kappa shape index (κ2) is 7.60. The topological polar surface area (TPSA) is 97.2 Å². The number of H-pyrrole nitrogens is 1. The first-order valence-electron chi connectivity index (χ1n) is 9.01. The van der Waals surface area contributed by atoms with Crippen LogP contribution in [0.2, 0.25) is 5.02 Å². The van der Waals surface area contributed by atoms with Crippen LogP contribution < -0.4 is 15.7 Å². The second-order valence-corrected chi connectivity index (χ2v) is 7.15. The number of imidazole rings is 1. The van der Waals surface area contributed by atoms with Gasteiger partial charge in [-0.15, -0.1) is 0 Å². The van der Waals surface area contributed by atoms with Crippen molar-refractivity contribution in [2.24, 2.45) is 0 Å². The van der Waals surface area contributed by atoms with Gasteiger partial charge in [0.15, 0.2) is 6.61 Å². The number of amides is 1. The van der Waals surface area contributed by atoms with Crippen molar-refractivity contribution < 1.29 is 13.9 Å². The van der Waals surface area contributed by atoms with Crippen molar-refractivity contribution in [2.45, 2.75) is 19.9 Å². The van der Waals surface area contributed by atoms with Crippen LogP contribution in [-0.4, -0.2) is 22.5 Å². The summed E-state index contributed by atoms with van der Waals surface area (Å²) in [5, 5.41) is 3.87. The summed E-state index contributed by atoms with van der Waals surface area (Å²) in [7, 11) is 0. The Morgan fingerprint density at radius 3 is 2.90 bits per heavy atom. The minimum atomic E-state index is -0.458. The summed E-state index contributed by atoms with van der Waals surface area (Å²) in [4.78, 5) is 31.5. The summed E-state index contributed by atoms with van der Waals surface area (Å²) in [5.74, 6) is 0.583. The van der Waals surface area contributed by atoms with Gasteiger partial charge in [-0.2, -0.15) is 0 Å². The average Bonchev–Trinajstić information content (AvgIpc) is 3.11. The van der Waals surface area contributed by atoms with Crippen molar-refractivity contribution >= 4 is 39.5 Å². The molecule has 1 atom stereocenters. The second-order valence-electron chi connectivity index (χ2n) is 6.74. The molecule has 0 radical (unpaired) electrons. The van der Waals surface area contributed by atoms with Crippen molar-refractivity contribution in [1.29, 1.82) is 0 Å². The zero-order valence-electron chi connectivity index (χ0n) is 15.8. The average molecular weight is 412 g/mol. The number of ether oxygens (including phenoxy) is 1. The number of hydrogen-bond donors (Lipinski definition) is 2. The van der Waals surface area contributed by atoms with E-state index in [2.05, 4.69) is 15.3 Å². The van der Waals surface area contributed by atoms with Crippen LogP contribution in [0.5, 0.6) is 5.75 Å². The van der Waals surface area contributed by atoms with E-state index in [4.69, 9.17) is 20.8 Å². The minimum absolute atomic E-state index is 0.244. The summed E-state index contributed by atoms with van der Waals surface area (Å²) in [5.41, 5.74) is 2.38. The lowest BCUT2D eigenvalue weighted by atomic mass is 10.1. The molecule has 2 heterocycles. The van der Waals surface area contributed by atoms with Gasteiger partial charge in [0.25, 0.3) is 5.91 Å². The smallest absolute Gasteiger partial charge is 0.336 e. The van der Waals surface area contributed by atoms with Gasteiger partial charge < -0.3 is 19.5 Å². The number of aryl methyl sites for hydroxylation is 1. The molecule has 29 heavy (non-hydrogen) atoms. The van der Waals surface area contributed by atoms with E-state index in [0.717, 1.165) is 16.6 Å². The highest BCUT2D eigenvalue weighted by molar-refractivity contribution is 6.32. The Bertz CT molecular complexity index is 1250. The minimum Gasteiger partial charge on any atom is -0.482 e. The van der Waals surface area contributed by atoms with Crippen molar-refractivity contribution in [3.8, 4) is 5.75 Å². The fourth-order valence-corrected chi connectivity index (χ4v) is 3.32. The maximum Gasteiger partial charge on any atom is 0.336 e. The Balaban J connectivity index is 1.45. The Hall–Kier alpha value is -3.32. The van der Waals surface area contributed by atoms with Crippen LogP contribution in [-0.2, 0) is 4.79 Å². The van der Waals surface area contributed by atoms with Gasteiger partial charge in [-0.1, -0.05) is 23.7 Å². The molecule has 0 fully saturated rings. The number of fused-ring (bicyclic) bond motifs is 2. The van der Waals surface area contributed by atoms with Crippen LogP contribution in [0, 0.1) is 6.92 Å². The lowest BCUT2D eigenvalue weighted by Gasteiger charge is -2.13. The summed E-state index contributed by atoms with van der Waals surface area (Å²) in [6.45, 7) is 3.38. The van der Waals surface area contributed by atoms with Gasteiger partial charge in [0.2, 0.25) is 0 Å². The third kappa shape index (κ3) is 3.95. The summed E-state index contributed by atoms with van der Waals surface area (Å²) in [6.07, 6.45) is 0. The molecule has 2 aromatic heterocycles. The van der Waals surface area contributed by atoms with Crippen molar-refractivity contribution in [3.05, 3.63) is 69.3 Å². The molecule has 4 rings (SSSR count). The zero-order chi connectivity index (χ0) is 20.5. The number of carbonyl (C=O) groups excluding carboxylic acids is 1. The van der Waals surface area contributed by atoms with Gasteiger partial charge in [0.1, 0.15) is 17.2 Å². The van der Waals surface area contributed by atoms with E-state index in [0.29, 0.717) is 21.8 Å². The van der Waals surface area contributed by atoms with Crippen LogP contribution in [0.3, 0.4) is 0 Å². The van der Waals surface area contributed by atoms with E-state index >= 15 is 0 Å². The fourth-order valence-electron chi connectivity index (χ4n) is 3.10. The molecule has 2 N–H and O–H groups in total. The summed E-state index contributed by atoms with van der Waals surface area (Å²) in [6, 6.07) is 11.9. The number of nitrogens with zero attached hydrogens (tertiary/aromatic N) is 1. The van der Waals surface area contributed by atoms with Gasteiger partial charge in [-0.05, 0) is 37.6 Å². The molecule has 8 heteroatoms. The Morgan fingerprint density at radius 2 is 2.10 bits per heavy atom. The molecule has 0 saturated heterocycles. The van der Waals surface area contributed by atoms with Gasteiger partial charge >= 0.3 is 5.63 Å². The number of para-hydroxylation sites is 2. The third-order valence-electron chi connectivity index (χ3n) is 4.56. The van der Waals surface area contributed by atoms with E-state index in [-0.39, 0.29) is 24.3 Å². The lowest BCUT2D eigenvalue weighted by Crippen LogP contribution is -2.31. The van der Waals surface area contributed by atoms with Crippen molar-refractivity contribution in [2.75, 3.05) is 6.61 Å². The normalized spacial score (nSPS) is 12.2. The maximum atomic E-state index is 12.3. The number of benzene rings is 2. The molecule has 148 valence electrons. The van der Waals surface area contributed by atoms with E-state index in [1.165, 1.54) is 12.1 Å². The standard InChI is InChI=1S/C21H18ClN3O4/c1-11-7-20(27)29-17-9-18(14(22)8-13(11)17)28-10-19(26)23-12(2)21-24-15-5-3-4-6-16(15)25-21/h3-9,12H,10H2,1-2H3,(H,23,26)(H,24,25)/t12-/m0/s1. The van der Waals surface area contributed by atoms with Crippen LogP contribution in [0.15, 0.2) is 51.7 Å². The van der Waals surface area contributed by atoms with Crippen LogP contribution in [0.25, 0.3) is 22.0 Å². The zero-order valence-corrected chi connectivity index (χ0v) is 16.5. The molecule has 0 spiro atoms. The number of nitrogens with one attached hydrogen (secondary N) is 2. The summed E-state index contributed by atoms with van der Waals surface area (Å²) < 4.78 is 10.7. The fraction of sp³-hybridized carbons (Fsp3) is 0.190. The first kappa shape index (κ1) is 19.0. The number of rotatable bonds is 5. The number of halogens is 1. The number of aromatic nitrogens is 2. The molecule has 0 saturated carbocycles. The highest BCUT2D eigenvalue weighted by atomic mass is 35.5. The van der Waals surface area contributed by atoms with E-state index < -0.39 is 5.63 Å².